The SMILES string of the molecule is CCOc1cccc(C)c1S(=O)NC(=O)c1cc2c(F)cc(N3CCC3)cc2o1. The Labute approximate surface area is 170 Å². The van der Waals surface area contributed by atoms with Crippen molar-refractivity contribution in [1.29, 1.82) is 0 Å². The van der Waals surface area contributed by atoms with Crippen LogP contribution in [0.1, 0.15) is 29.5 Å². The zero-order valence-electron chi connectivity index (χ0n) is 16.2. The molecule has 1 fully saturated rings. The first-order valence-corrected chi connectivity index (χ1v) is 10.6. The van der Waals surface area contributed by atoms with Crippen molar-refractivity contribution in [2.24, 2.45) is 0 Å². The van der Waals surface area contributed by atoms with Gasteiger partial charge < -0.3 is 14.1 Å². The highest BCUT2D eigenvalue weighted by Gasteiger charge is 2.22. The molecule has 29 heavy (non-hydrogen) atoms. The van der Waals surface area contributed by atoms with Crippen LogP contribution in [0.4, 0.5) is 10.1 Å². The molecule has 0 radical (unpaired) electrons. The van der Waals surface area contributed by atoms with Gasteiger partial charge in [-0.15, -0.1) is 0 Å². The molecule has 8 heteroatoms. The highest BCUT2D eigenvalue weighted by molar-refractivity contribution is 7.83. The number of hydrogen-bond acceptors (Lipinski definition) is 5. The van der Waals surface area contributed by atoms with Crippen LogP contribution in [0.3, 0.4) is 0 Å². The van der Waals surface area contributed by atoms with Crippen molar-refractivity contribution < 1.29 is 22.5 Å². The van der Waals surface area contributed by atoms with Crippen LogP contribution >= 0.6 is 0 Å². The number of furan rings is 1. The van der Waals surface area contributed by atoms with Gasteiger partial charge in [0, 0.05) is 30.9 Å². The lowest BCUT2D eigenvalue weighted by atomic mass is 10.1. The van der Waals surface area contributed by atoms with E-state index in [-0.39, 0.29) is 16.7 Å². The average Bonchev–Trinajstić information content (AvgIpc) is 3.05. The van der Waals surface area contributed by atoms with E-state index >= 15 is 0 Å². The molecule has 3 aromatic rings. The number of amides is 1. The minimum absolute atomic E-state index is 0.0976. The lowest BCUT2D eigenvalue weighted by Crippen LogP contribution is -2.36. The number of nitrogens with zero attached hydrogens (tertiary/aromatic N) is 1. The lowest BCUT2D eigenvalue weighted by molar-refractivity contribution is 0.0958. The molecular weight excluding hydrogens is 395 g/mol. The number of aryl methyl sites for hydroxylation is 1. The van der Waals surface area contributed by atoms with E-state index in [1.165, 1.54) is 12.1 Å². The molecule has 1 amide bonds. The Bertz CT molecular complexity index is 1110. The van der Waals surface area contributed by atoms with Gasteiger partial charge in [0.15, 0.2) is 16.7 Å². The van der Waals surface area contributed by atoms with Crippen LogP contribution in [0.15, 0.2) is 45.7 Å². The predicted molar refractivity (Wildman–Crippen MR) is 109 cm³/mol. The molecule has 2 aromatic carbocycles. The summed E-state index contributed by atoms with van der Waals surface area (Å²) >= 11 is 0. The molecule has 0 aliphatic carbocycles. The molecule has 1 N–H and O–H groups in total. The van der Waals surface area contributed by atoms with Crippen LogP contribution in [0.25, 0.3) is 11.0 Å². The van der Waals surface area contributed by atoms with E-state index in [0.717, 1.165) is 30.8 Å². The van der Waals surface area contributed by atoms with Gasteiger partial charge in [0.05, 0.1) is 12.0 Å². The molecular formula is C21H21FN2O4S. The summed E-state index contributed by atoms with van der Waals surface area (Å²) in [6.07, 6.45) is 1.07. The summed E-state index contributed by atoms with van der Waals surface area (Å²) < 4.78 is 40.8. The fourth-order valence-corrected chi connectivity index (χ4v) is 4.31. The van der Waals surface area contributed by atoms with E-state index in [0.29, 0.717) is 17.3 Å². The van der Waals surface area contributed by atoms with Crippen LogP contribution in [0.5, 0.6) is 5.75 Å². The second-order valence-electron chi connectivity index (χ2n) is 6.83. The van der Waals surface area contributed by atoms with E-state index in [1.54, 1.807) is 31.2 Å². The number of carbonyl (C=O) groups excluding carboxylic acids is 1. The molecule has 1 atom stereocenters. The van der Waals surface area contributed by atoms with Crippen LogP contribution in [-0.2, 0) is 11.0 Å². The molecule has 0 bridgehead atoms. The maximum Gasteiger partial charge on any atom is 0.298 e. The second kappa shape index (κ2) is 7.87. The Balaban J connectivity index is 1.59. The first-order chi connectivity index (χ1) is 14.0. The zero-order valence-corrected chi connectivity index (χ0v) is 17.0. The van der Waals surface area contributed by atoms with Crippen LogP contribution in [0, 0.1) is 12.7 Å². The molecule has 1 aromatic heterocycles. The largest absolute Gasteiger partial charge is 0.493 e. The van der Waals surface area contributed by atoms with Gasteiger partial charge in [0.2, 0.25) is 0 Å². The molecule has 1 unspecified atom stereocenters. The molecule has 1 aliphatic heterocycles. The number of anilines is 1. The fourth-order valence-electron chi connectivity index (χ4n) is 3.27. The van der Waals surface area contributed by atoms with Crippen molar-refractivity contribution in [3.8, 4) is 5.75 Å². The van der Waals surface area contributed by atoms with Crippen molar-refractivity contribution in [3.63, 3.8) is 0 Å². The number of rotatable bonds is 6. The van der Waals surface area contributed by atoms with Gasteiger partial charge in [-0.25, -0.2) is 8.60 Å². The number of halogens is 1. The van der Waals surface area contributed by atoms with Gasteiger partial charge >= 0.3 is 0 Å². The summed E-state index contributed by atoms with van der Waals surface area (Å²) in [5.41, 5.74) is 1.74. The van der Waals surface area contributed by atoms with Gasteiger partial charge in [0.1, 0.15) is 22.0 Å². The minimum Gasteiger partial charge on any atom is -0.493 e. The molecule has 1 aliphatic rings. The van der Waals surface area contributed by atoms with E-state index in [1.807, 2.05) is 11.8 Å². The molecule has 4 rings (SSSR count). The first-order valence-electron chi connectivity index (χ1n) is 9.41. The summed E-state index contributed by atoms with van der Waals surface area (Å²) in [5, 5.41) is 0.219. The summed E-state index contributed by atoms with van der Waals surface area (Å²) in [5.74, 6) is -0.790. The lowest BCUT2D eigenvalue weighted by Gasteiger charge is -2.33. The number of benzene rings is 2. The number of carbonyl (C=O) groups is 1. The van der Waals surface area contributed by atoms with Gasteiger partial charge in [-0.05, 0) is 38.0 Å². The van der Waals surface area contributed by atoms with Gasteiger partial charge in [-0.3, -0.25) is 9.52 Å². The fraction of sp³-hybridized carbons (Fsp3) is 0.286. The van der Waals surface area contributed by atoms with E-state index in [2.05, 4.69) is 4.72 Å². The second-order valence-corrected chi connectivity index (χ2v) is 7.98. The van der Waals surface area contributed by atoms with Crippen molar-refractivity contribution >= 4 is 33.5 Å². The number of hydrogen-bond donors (Lipinski definition) is 1. The highest BCUT2D eigenvalue weighted by Crippen LogP contribution is 2.30. The van der Waals surface area contributed by atoms with Crippen molar-refractivity contribution in [3.05, 3.63) is 53.5 Å². The van der Waals surface area contributed by atoms with Gasteiger partial charge in [-0.2, -0.15) is 0 Å². The van der Waals surface area contributed by atoms with Crippen molar-refractivity contribution in [1.82, 2.24) is 4.72 Å². The maximum absolute atomic E-state index is 14.5. The Hall–Kier alpha value is -2.87. The van der Waals surface area contributed by atoms with Crippen molar-refractivity contribution in [2.45, 2.75) is 25.2 Å². The Morgan fingerprint density at radius 3 is 2.79 bits per heavy atom. The molecule has 152 valence electrons. The van der Waals surface area contributed by atoms with E-state index < -0.39 is 22.7 Å². The number of ether oxygens (including phenoxy) is 1. The van der Waals surface area contributed by atoms with Gasteiger partial charge in [0.25, 0.3) is 5.91 Å². The standard InChI is InChI=1S/C21H21FN2O4S/c1-3-27-17-7-4-6-13(2)20(17)29(26)23-21(25)19-12-15-16(22)10-14(11-18(15)28-19)24-8-5-9-24/h4,6-7,10-12H,3,5,8-9H2,1-2H3,(H,23,25). The highest BCUT2D eigenvalue weighted by atomic mass is 32.2. The normalized spacial score (nSPS) is 14.5. The Kier molecular flexibility index (Phi) is 5.27. The minimum atomic E-state index is -1.86. The quantitative estimate of drug-likeness (QED) is 0.659. The summed E-state index contributed by atoms with van der Waals surface area (Å²) in [6.45, 7) is 5.76. The molecule has 0 saturated carbocycles. The predicted octanol–water partition coefficient (Wildman–Crippen LogP) is 3.94. The van der Waals surface area contributed by atoms with E-state index in [4.69, 9.17) is 9.15 Å². The molecule has 2 heterocycles. The topological polar surface area (TPSA) is 71.8 Å². The zero-order chi connectivity index (χ0) is 20.5. The van der Waals surface area contributed by atoms with Crippen LogP contribution < -0.4 is 14.4 Å². The molecule has 0 spiro atoms. The van der Waals surface area contributed by atoms with Gasteiger partial charge in [-0.1, -0.05) is 12.1 Å². The van der Waals surface area contributed by atoms with Crippen LogP contribution in [0.2, 0.25) is 0 Å². The number of nitrogens with one attached hydrogen (secondary N) is 1. The summed E-state index contributed by atoms with van der Waals surface area (Å²) in [6, 6.07) is 9.77. The monoisotopic (exact) mass is 416 g/mol. The third-order valence-corrected chi connectivity index (χ3v) is 6.13. The summed E-state index contributed by atoms with van der Waals surface area (Å²) in [7, 11) is -1.86. The third kappa shape index (κ3) is 3.72. The third-order valence-electron chi connectivity index (χ3n) is 4.86. The Morgan fingerprint density at radius 1 is 1.31 bits per heavy atom. The molecule has 6 nitrogen and oxygen atoms in total. The summed E-state index contributed by atoms with van der Waals surface area (Å²) in [4.78, 5) is 15.0. The van der Waals surface area contributed by atoms with E-state index in [9.17, 15) is 13.4 Å². The average molecular weight is 416 g/mol. The molecule has 1 saturated heterocycles. The Morgan fingerprint density at radius 2 is 2.10 bits per heavy atom. The first kappa shape index (κ1) is 19.4. The van der Waals surface area contributed by atoms with Crippen LogP contribution in [-0.4, -0.2) is 29.8 Å². The van der Waals surface area contributed by atoms with Crippen molar-refractivity contribution in [2.75, 3.05) is 24.6 Å². The number of fused-ring (bicyclic) bond motifs is 1. The maximum atomic E-state index is 14.5. The smallest absolute Gasteiger partial charge is 0.298 e.